The minimum absolute atomic E-state index is 0.199. The number of ether oxygens (including phenoxy) is 1. The van der Waals surface area contributed by atoms with Gasteiger partial charge in [-0.15, -0.1) is 0 Å². The van der Waals surface area contributed by atoms with Crippen LogP contribution in [0.1, 0.15) is 21.9 Å². The van der Waals surface area contributed by atoms with Crippen molar-refractivity contribution in [2.24, 2.45) is 7.05 Å². The van der Waals surface area contributed by atoms with Gasteiger partial charge >= 0.3 is 5.97 Å². The fourth-order valence-electron chi connectivity index (χ4n) is 1.81. The van der Waals surface area contributed by atoms with E-state index in [0.29, 0.717) is 5.76 Å². The summed E-state index contributed by atoms with van der Waals surface area (Å²) in [7, 11) is 3.20. The molecule has 0 amide bonds. The highest BCUT2D eigenvalue weighted by Gasteiger charge is 2.17. The Labute approximate surface area is 99.0 Å². The van der Waals surface area contributed by atoms with E-state index in [1.165, 1.54) is 7.11 Å². The summed E-state index contributed by atoms with van der Waals surface area (Å²) < 4.78 is 11.8. The van der Waals surface area contributed by atoms with E-state index in [9.17, 15) is 4.79 Å². The number of carbonyl (C=O) groups is 1. The first kappa shape index (κ1) is 11.4. The van der Waals surface area contributed by atoms with Crippen LogP contribution >= 0.6 is 0 Å². The molecular weight excluding hydrogens is 220 g/mol. The summed E-state index contributed by atoms with van der Waals surface area (Å²) >= 11 is 0. The Morgan fingerprint density at radius 1 is 1.41 bits per heavy atom. The number of hydrogen-bond acceptors (Lipinski definition) is 4. The van der Waals surface area contributed by atoms with Crippen molar-refractivity contribution in [3.8, 4) is 11.3 Å². The number of rotatable bonds is 2. The van der Waals surface area contributed by atoms with Crippen molar-refractivity contribution in [1.29, 1.82) is 0 Å². The van der Waals surface area contributed by atoms with E-state index < -0.39 is 5.97 Å². The monoisotopic (exact) mass is 234 g/mol. The maximum absolute atomic E-state index is 11.3. The molecule has 2 rings (SSSR count). The molecule has 5 heteroatoms. The molecule has 5 nitrogen and oxygen atoms in total. The molecule has 0 saturated carbocycles. The zero-order valence-corrected chi connectivity index (χ0v) is 10.3. The predicted molar refractivity (Wildman–Crippen MR) is 61.7 cm³/mol. The van der Waals surface area contributed by atoms with Gasteiger partial charge in [0.25, 0.3) is 0 Å². The molecule has 2 heterocycles. The Morgan fingerprint density at radius 3 is 2.65 bits per heavy atom. The zero-order chi connectivity index (χ0) is 12.6. The van der Waals surface area contributed by atoms with Crippen molar-refractivity contribution in [3.63, 3.8) is 0 Å². The fraction of sp³-hybridized carbons (Fsp3) is 0.333. The Bertz CT molecular complexity index is 566. The van der Waals surface area contributed by atoms with Gasteiger partial charge in [0.2, 0.25) is 5.76 Å². The molecule has 0 saturated heterocycles. The minimum atomic E-state index is -0.476. The number of aromatic nitrogens is 2. The van der Waals surface area contributed by atoms with Crippen LogP contribution in [0.3, 0.4) is 0 Å². The van der Waals surface area contributed by atoms with Crippen LogP contribution in [-0.4, -0.2) is 22.9 Å². The molecule has 0 N–H and O–H groups in total. The summed E-state index contributed by atoms with van der Waals surface area (Å²) in [6, 6.07) is 3.36. The number of methoxy groups -OCH3 is 1. The summed E-state index contributed by atoms with van der Waals surface area (Å²) in [6.07, 6.45) is 0. The van der Waals surface area contributed by atoms with Crippen LogP contribution in [0.5, 0.6) is 0 Å². The molecule has 90 valence electrons. The average Bonchev–Trinajstić information content (AvgIpc) is 2.85. The Balaban J connectivity index is 2.47. The third-order valence-corrected chi connectivity index (χ3v) is 2.75. The van der Waals surface area contributed by atoms with Crippen LogP contribution in [-0.2, 0) is 11.8 Å². The van der Waals surface area contributed by atoms with E-state index in [1.54, 1.807) is 16.8 Å². The van der Waals surface area contributed by atoms with Crippen molar-refractivity contribution in [1.82, 2.24) is 9.78 Å². The number of nitrogens with zero attached hydrogens (tertiary/aromatic N) is 2. The largest absolute Gasteiger partial charge is 0.463 e. The molecule has 0 fully saturated rings. The molecule has 2 aromatic heterocycles. The molecule has 0 aliphatic heterocycles. The topological polar surface area (TPSA) is 57.3 Å². The van der Waals surface area contributed by atoms with Gasteiger partial charge in [0.15, 0.2) is 0 Å². The van der Waals surface area contributed by atoms with Crippen LogP contribution in [0.2, 0.25) is 0 Å². The highest BCUT2D eigenvalue weighted by atomic mass is 16.5. The summed E-state index contributed by atoms with van der Waals surface area (Å²) in [4.78, 5) is 11.3. The average molecular weight is 234 g/mol. The first-order chi connectivity index (χ1) is 8.04. The van der Waals surface area contributed by atoms with Gasteiger partial charge < -0.3 is 9.15 Å². The van der Waals surface area contributed by atoms with Gasteiger partial charge in [-0.1, -0.05) is 0 Å². The van der Waals surface area contributed by atoms with Crippen LogP contribution in [0.25, 0.3) is 11.3 Å². The quantitative estimate of drug-likeness (QED) is 0.746. The summed E-state index contributed by atoms with van der Waals surface area (Å²) in [5, 5.41) is 4.30. The molecule has 0 unspecified atom stereocenters. The highest BCUT2D eigenvalue weighted by Crippen LogP contribution is 2.28. The SMILES string of the molecule is COC(=O)c1ccc(-c2c(C)nn(C)c2C)o1. The molecule has 2 aromatic rings. The van der Waals surface area contributed by atoms with Crippen molar-refractivity contribution in [3.05, 3.63) is 29.3 Å². The number of esters is 1. The summed E-state index contributed by atoms with van der Waals surface area (Å²) in [5.41, 5.74) is 2.78. The van der Waals surface area contributed by atoms with E-state index in [1.807, 2.05) is 20.9 Å². The summed E-state index contributed by atoms with van der Waals surface area (Å²) in [5.74, 6) is 0.356. The molecule has 0 aliphatic rings. The van der Waals surface area contributed by atoms with Gasteiger partial charge in [-0.05, 0) is 26.0 Å². The van der Waals surface area contributed by atoms with Gasteiger partial charge in [-0.25, -0.2) is 4.79 Å². The molecule has 17 heavy (non-hydrogen) atoms. The van der Waals surface area contributed by atoms with E-state index in [-0.39, 0.29) is 5.76 Å². The fourth-order valence-corrected chi connectivity index (χ4v) is 1.81. The molecule has 0 radical (unpaired) electrons. The molecule has 0 aromatic carbocycles. The third-order valence-electron chi connectivity index (χ3n) is 2.75. The predicted octanol–water partition coefficient (Wildman–Crippen LogP) is 2.08. The van der Waals surface area contributed by atoms with Crippen LogP contribution < -0.4 is 0 Å². The number of furan rings is 1. The number of carbonyl (C=O) groups excluding carboxylic acids is 1. The van der Waals surface area contributed by atoms with Gasteiger partial charge in [-0.3, -0.25) is 4.68 Å². The first-order valence-corrected chi connectivity index (χ1v) is 5.23. The van der Waals surface area contributed by atoms with Gasteiger partial charge in [0, 0.05) is 12.7 Å². The molecule has 0 aliphatic carbocycles. The van der Waals surface area contributed by atoms with Gasteiger partial charge in [0.1, 0.15) is 5.76 Å². The first-order valence-electron chi connectivity index (χ1n) is 5.23. The second-order valence-electron chi connectivity index (χ2n) is 3.82. The van der Waals surface area contributed by atoms with Gasteiger partial charge in [-0.2, -0.15) is 5.10 Å². The second kappa shape index (κ2) is 4.08. The lowest BCUT2D eigenvalue weighted by molar-refractivity contribution is 0.0566. The maximum Gasteiger partial charge on any atom is 0.373 e. The van der Waals surface area contributed by atoms with Gasteiger partial charge in [0.05, 0.1) is 18.4 Å². The van der Waals surface area contributed by atoms with Crippen molar-refractivity contribution >= 4 is 5.97 Å². The minimum Gasteiger partial charge on any atom is -0.463 e. The van der Waals surface area contributed by atoms with Crippen LogP contribution in [0.4, 0.5) is 0 Å². The van der Waals surface area contributed by atoms with E-state index in [2.05, 4.69) is 9.84 Å². The van der Waals surface area contributed by atoms with Crippen molar-refractivity contribution < 1.29 is 13.9 Å². The Kier molecular flexibility index (Phi) is 2.75. The van der Waals surface area contributed by atoms with Crippen LogP contribution in [0.15, 0.2) is 16.5 Å². The van der Waals surface area contributed by atoms with Crippen molar-refractivity contribution in [2.75, 3.05) is 7.11 Å². The Hall–Kier alpha value is -2.04. The lowest BCUT2D eigenvalue weighted by atomic mass is 10.1. The van der Waals surface area contributed by atoms with E-state index in [4.69, 9.17) is 4.42 Å². The third kappa shape index (κ3) is 1.84. The Morgan fingerprint density at radius 2 is 2.12 bits per heavy atom. The zero-order valence-electron chi connectivity index (χ0n) is 10.3. The molecule has 0 spiro atoms. The lowest BCUT2D eigenvalue weighted by Crippen LogP contribution is -1.98. The van der Waals surface area contributed by atoms with E-state index >= 15 is 0 Å². The highest BCUT2D eigenvalue weighted by molar-refractivity contribution is 5.87. The molecular formula is C12H14N2O3. The maximum atomic E-state index is 11.3. The standard InChI is InChI=1S/C12H14N2O3/c1-7-11(8(2)14(3)13-7)9-5-6-10(17-9)12(15)16-4/h5-6H,1-4H3. The smallest absolute Gasteiger partial charge is 0.373 e. The number of hydrogen-bond donors (Lipinski definition) is 0. The second-order valence-corrected chi connectivity index (χ2v) is 3.82. The molecule has 0 bridgehead atoms. The molecule has 0 atom stereocenters. The number of aryl methyl sites for hydroxylation is 2. The lowest BCUT2D eigenvalue weighted by Gasteiger charge is -1.98. The normalized spacial score (nSPS) is 10.6. The summed E-state index contributed by atoms with van der Waals surface area (Å²) in [6.45, 7) is 3.86. The van der Waals surface area contributed by atoms with Crippen LogP contribution in [0, 0.1) is 13.8 Å². The van der Waals surface area contributed by atoms with E-state index in [0.717, 1.165) is 17.0 Å². The van der Waals surface area contributed by atoms with Crippen molar-refractivity contribution in [2.45, 2.75) is 13.8 Å².